The van der Waals surface area contributed by atoms with Gasteiger partial charge in [0.2, 0.25) is 0 Å². The van der Waals surface area contributed by atoms with Crippen LogP contribution in [0.2, 0.25) is 0 Å². The van der Waals surface area contributed by atoms with Gasteiger partial charge in [-0.05, 0) is 47.0 Å². The Hall–Kier alpha value is -1.95. The number of aryl methyl sites for hydroxylation is 2. The van der Waals surface area contributed by atoms with Crippen LogP contribution in [0.1, 0.15) is 21.5 Å². The summed E-state index contributed by atoms with van der Waals surface area (Å²) in [6.07, 6.45) is 3.00. The fourth-order valence-electron chi connectivity index (χ4n) is 1.67. The van der Waals surface area contributed by atoms with E-state index in [1.807, 2.05) is 19.9 Å². The molecule has 2 rings (SSSR count). The van der Waals surface area contributed by atoms with Crippen LogP contribution in [0, 0.1) is 13.8 Å². The summed E-state index contributed by atoms with van der Waals surface area (Å²) in [5.74, 6) is 0.146. The van der Waals surface area contributed by atoms with Gasteiger partial charge in [0, 0.05) is 11.3 Å². The molecule has 0 aliphatic heterocycles. The van der Waals surface area contributed by atoms with Crippen LogP contribution in [0.3, 0.4) is 0 Å². The highest BCUT2D eigenvalue weighted by Gasteiger charge is 2.11. The number of nitrogens with two attached hydrogens (primary N) is 1. The van der Waals surface area contributed by atoms with Gasteiger partial charge >= 0.3 is 0 Å². The Kier molecular flexibility index (Phi) is 3.80. The van der Waals surface area contributed by atoms with E-state index in [0.29, 0.717) is 21.7 Å². The first-order valence-corrected chi connectivity index (χ1v) is 6.42. The number of hydrogen-bond donors (Lipinski definition) is 2. The van der Waals surface area contributed by atoms with E-state index < -0.39 is 0 Å². The van der Waals surface area contributed by atoms with Crippen molar-refractivity contribution in [2.75, 3.05) is 11.1 Å². The van der Waals surface area contributed by atoms with Crippen LogP contribution in [0.5, 0.6) is 0 Å². The van der Waals surface area contributed by atoms with Crippen molar-refractivity contribution in [1.82, 2.24) is 9.97 Å². The number of hydrogen-bond acceptors (Lipinski definition) is 4. The number of nitrogen functional groups attached to an aromatic ring is 1. The smallest absolute Gasteiger partial charge is 0.257 e. The van der Waals surface area contributed by atoms with Gasteiger partial charge in [-0.15, -0.1) is 0 Å². The number of halogens is 1. The molecule has 0 fully saturated rings. The number of anilines is 2. The molecule has 1 amide bonds. The van der Waals surface area contributed by atoms with Crippen molar-refractivity contribution in [2.45, 2.75) is 13.8 Å². The van der Waals surface area contributed by atoms with Crippen LogP contribution in [-0.4, -0.2) is 15.9 Å². The Bertz CT molecular complexity index is 625. The van der Waals surface area contributed by atoms with E-state index in [1.54, 1.807) is 6.07 Å². The summed E-state index contributed by atoms with van der Waals surface area (Å²) in [7, 11) is 0. The quantitative estimate of drug-likeness (QED) is 0.833. The van der Waals surface area contributed by atoms with Gasteiger partial charge in [0.15, 0.2) is 5.82 Å². The molecule has 1 aromatic heterocycles. The van der Waals surface area contributed by atoms with Gasteiger partial charge in [0.25, 0.3) is 5.91 Å². The molecule has 0 saturated heterocycles. The van der Waals surface area contributed by atoms with Crippen LogP contribution >= 0.6 is 15.9 Å². The lowest BCUT2D eigenvalue weighted by atomic mass is 10.0. The van der Waals surface area contributed by atoms with Crippen LogP contribution in [0.25, 0.3) is 0 Å². The first-order chi connectivity index (χ1) is 8.97. The number of benzene rings is 1. The van der Waals surface area contributed by atoms with Crippen LogP contribution in [0.15, 0.2) is 29.1 Å². The molecule has 2 aromatic rings. The Morgan fingerprint density at radius 1 is 1.21 bits per heavy atom. The molecule has 0 aliphatic carbocycles. The first kappa shape index (κ1) is 13.5. The monoisotopic (exact) mass is 320 g/mol. The molecule has 0 spiro atoms. The zero-order valence-corrected chi connectivity index (χ0v) is 12.2. The highest BCUT2D eigenvalue weighted by molar-refractivity contribution is 9.10. The lowest BCUT2D eigenvalue weighted by Gasteiger charge is -2.09. The summed E-state index contributed by atoms with van der Waals surface area (Å²) < 4.78 is 0.612. The van der Waals surface area contributed by atoms with E-state index in [-0.39, 0.29) is 5.91 Å². The molecular formula is C13H13BrN4O. The lowest BCUT2D eigenvalue weighted by molar-refractivity contribution is 0.102. The molecule has 0 bridgehead atoms. The Labute approximate surface area is 119 Å². The molecule has 0 aliphatic rings. The van der Waals surface area contributed by atoms with Gasteiger partial charge < -0.3 is 11.1 Å². The molecule has 0 atom stereocenters. The minimum absolute atomic E-state index is 0.249. The number of nitrogens with zero attached hydrogens (tertiary/aromatic N) is 2. The number of carbonyl (C=O) groups is 1. The largest absolute Gasteiger partial charge is 0.398 e. The average Bonchev–Trinajstić information content (AvgIpc) is 2.36. The maximum absolute atomic E-state index is 12.1. The maximum atomic E-state index is 12.1. The lowest BCUT2D eigenvalue weighted by Crippen LogP contribution is -2.15. The molecule has 0 unspecified atom stereocenters. The minimum Gasteiger partial charge on any atom is -0.398 e. The summed E-state index contributed by atoms with van der Waals surface area (Å²) in [6.45, 7) is 3.78. The fourth-order valence-corrected chi connectivity index (χ4v) is 1.88. The third-order valence-corrected chi connectivity index (χ3v) is 3.13. The summed E-state index contributed by atoms with van der Waals surface area (Å²) >= 11 is 3.18. The van der Waals surface area contributed by atoms with Crippen molar-refractivity contribution < 1.29 is 4.79 Å². The predicted octanol–water partition coefficient (Wildman–Crippen LogP) is 2.69. The molecule has 0 saturated carbocycles. The molecule has 0 radical (unpaired) electrons. The summed E-state index contributed by atoms with van der Waals surface area (Å²) in [5.41, 5.74) is 8.78. The van der Waals surface area contributed by atoms with E-state index in [1.165, 1.54) is 12.4 Å². The predicted molar refractivity (Wildman–Crippen MR) is 78.0 cm³/mol. The van der Waals surface area contributed by atoms with Crippen molar-refractivity contribution in [3.8, 4) is 0 Å². The standard InChI is InChI=1S/C13H13BrN4O/c1-7-3-8(2)10(15)4-9(7)13(19)18-12-6-16-11(14)5-17-12/h3-6H,15H2,1-2H3,(H,17,18,19). The third-order valence-electron chi connectivity index (χ3n) is 2.72. The second-order valence-corrected chi connectivity index (χ2v) is 5.01. The molecule has 98 valence electrons. The van der Waals surface area contributed by atoms with Crippen molar-refractivity contribution in [3.63, 3.8) is 0 Å². The van der Waals surface area contributed by atoms with E-state index in [9.17, 15) is 4.79 Å². The highest BCUT2D eigenvalue weighted by atomic mass is 79.9. The summed E-state index contributed by atoms with van der Waals surface area (Å²) in [6, 6.07) is 3.56. The van der Waals surface area contributed by atoms with E-state index in [4.69, 9.17) is 5.73 Å². The second-order valence-electron chi connectivity index (χ2n) is 4.20. The zero-order valence-electron chi connectivity index (χ0n) is 10.6. The van der Waals surface area contributed by atoms with Crippen molar-refractivity contribution >= 4 is 33.3 Å². The molecule has 1 heterocycles. The minimum atomic E-state index is -0.249. The van der Waals surface area contributed by atoms with Gasteiger partial charge in [-0.3, -0.25) is 4.79 Å². The molecule has 19 heavy (non-hydrogen) atoms. The number of nitrogens with one attached hydrogen (secondary N) is 1. The van der Waals surface area contributed by atoms with Crippen molar-refractivity contribution in [3.05, 3.63) is 45.8 Å². The van der Waals surface area contributed by atoms with Gasteiger partial charge in [-0.2, -0.15) is 0 Å². The fraction of sp³-hybridized carbons (Fsp3) is 0.154. The number of aromatic nitrogens is 2. The zero-order chi connectivity index (χ0) is 14.0. The van der Waals surface area contributed by atoms with Crippen molar-refractivity contribution in [1.29, 1.82) is 0 Å². The van der Waals surface area contributed by atoms with Crippen LogP contribution < -0.4 is 11.1 Å². The topological polar surface area (TPSA) is 80.9 Å². The Morgan fingerprint density at radius 2 is 1.95 bits per heavy atom. The SMILES string of the molecule is Cc1cc(C)c(C(=O)Nc2cnc(Br)cn2)cc1N. The average molecular weight is 321 g/mol. The van der Waals surface area contributed by atoms with Gasteiger partial charge in [0.05, 0.1) is 12.4 Å². The number of carbonyl (C=O) groups excluding carboxylic acids is 1. The molecule has 6 heteroatoms. The van der Waals surface area contributed by atoms with E-state index >= 15 is 0 Å². The Balaban J connectivity index is 2.25. The van der Waals surface area contributed by atoms with Gasteiger partial charge in [-0.1, -0.05) is 6.07 Å². The third kappa shape index (κ3) is 3.08. The molecule has 5 nitrogen and oxygen atoms in total. The molecule has 1 aromatic carbocycles. The summed E-state index contributed by atoms with van der Waals surface area (Å²) in [5, 5.41) is 2.68. The van der Waals surface area contributed by atoms with E-state index in [0.717, 1.165) is 11.1 Å². The second kappa shape index (κ2) is 5.36. The van der Waals surface area contributed by atoms with Gasteiger partial charge in [0.1, 0.15) is 4.60 Å². The number of amides is 1. The molecular weight excluding hydrogens is 308 g/mol. The Morgan fingerprint density at radius 3 is 2.58 bits per heavy atom. The highest BCUT2D eigenvalue weighted by Crippen LogP contribution is 2.19. The van der Waals surface area contributed by atoms with Crippen LogP contribution in [0.4, 0.5) is 11.5 Å². The van der Waals surface area contributed by atoms with E-state index in [2.05, 4.69) is 31.2 Å². The molecule has 3 N–H and O–H groups in total. The number of rotatable bonds is 2. The van der Waals surface area contributed by atoms with Crippen molar-refractivity contribution in [2.24, 2.45) is 0 Å². The van der Waals surface area contributed by atoms with Gasteiger partial charge in [-0.25, -0.2) is 9.97 Å². The normalized spacial score (nSPS) is 10.3. The first-order valence-electron chi connectivity index (χ1n) is 5.63. The summed E-state index contributed by atoms with van der Waals surface area (Å²) in [4.78, 5) is 20.2. The van der Waals surface area contributed by atoms with Crippen LogP contribution in [-0.2, 0) is 0 Å². The maximum Gasteiger partial charge on any atom is 0.257 e.